The van der Waals surface area contributed by atoms with E-state index in [1.165, 1.54) is 32.1 Å². The molecule has 0 aromatic carbocycles. The number of nitrogens with zero attached hydrogens (tertiary/aromatic N) is 2. The van der Waals surface area contributed by atoms with E-state index in [4.69, 9.17) is 0 Å². The molecule has 0 radical (unpaired) electrons. The summed E-state index contributed by atoms with van der Waals surface area (Å²) in [6, 6.07) is -0.340. The Balaban J connectivity index is 1.74. The zero-order valence-electron chi connectivity index (χ0n) is 13.1. The molecule has 1 atom stereocenters. The fourth-order valence-corrected chi connectivity index (χ4v) is 3.61. The highest BCUT2D eigenvalue weighted by atomic mass is 16.2. The van der Waals surface area contributed by atoms with Crippen LogP contribution in [0.5, 0.6) is 0 Å². The SMILES string of the molecule is Cc1ncc(C(=O)N2CCNC(=O)[C@H]2CC2CCCCC2)[nH]1. The van der Waals surface area contributed by atoms with Crippen LogP contribution in [0.2, 0.25) is 0 Å². The molecule has 0 bridgehead atoms. The third kappa shape index (κ3) is 3.15. The van der Waals surface area contributed by atoms with Crippen molar-refractivity contribution in [3.8, 4) is 0 Å². The lowest BCUT2D eigenvalue weighted by Crippen LogP contribution is -2.57. The standard InChI is InChI=1S/C16H24N4O2/c1-11-18-10-13(19-11)16(22)20-8-7-17-15(21)14(20)9-12-5-3-2-4-6-12/h10,12,14H,2-9H2,1H3,(H,17,21)(H,18,19)/t14-/m1/s1. The molecule has 1 aromatic heterocycles. The van der Waals surface area contributed by atoms with Gasteiger partial charge in [0.2, 0.25) is 5.91 Å². The Bertz CT molecular complexity index is 548. The van der Waals surface area contributed by atoms with Crippen LogP contribution in [0.3, 0.4) is 0 Å². The molecule has 1 aliphatic heterocycles. The number of hydrogen-bond acceptors (Lipinski definition) is 3. The van der Waals surface area contributed by atoms with E-state index in [1.807, 2.05) is 6.92 Å². The second-order valence-corrected chi connectivity index (χ2v) is 6.43. The molecule has 2 heterocycles. The second kappa shape index (κ2) is 6.50. The van der Waals surface area contributed by atoms with Crippen molar-refractivity contribution in [2.45, 2.75) is 51.5 Å². The minimum absolute atomic E-state index is 0.0126. The van der Waals surface area contributed by atoms with E-state index in [9.17, 15) is 9.59 Å². The molecule has 3 rings (SSSR count). The van der Waals surface area contributed by atoms with Crippen LogP contribution in [0.1, 0.15) is 54.8 Å². The lowest BCUT2D eigenvalue weighted by atomic mass is 9.84. The summed E-state index contributed by atoms with van der Waals surface area (Å²) >= 11 is 0. The quantitative estimate of drug-likeness (QED) is 0.891. The third-order valence-corrected chi connectivity index (χ3v) is 4.81. The molecule has 1 saturated heterocycles. The van der Waals surface area contributed by atoms with E-state index in [2.05, 4.69) is 15.3 Å². The van der Waals surface area contributed by atoms with Gasteiger partial charge in [0.15, 0.2) is 0 Å². The zero-order valence-corrected chi connectivity index (χ0v) is 13.1. The van der Waals surface area contributed by atoms with Gasteiger partial charge in [-0.25, -0.2) is 4.98 Å². The maximum absolute atomic E-state index is 12.7. The zero-order chi connectivity index (χ0) is 15.5. The molecule has 2 aliphatic rings. The smallest absolute Gasteiger partial charge is 0.272 e. The number of rotatable bonds is 3. The topological polar surface area (TPSA) is 78.1 Å². The van der Waals surface area contributed by atoms with Gasteiger partial charge in [-0.3, -0.25) is 9.59 Å². The van der Waals surface area contributed by atoms with Gasteiger partial charge >= 0.3 is 0 Å². The van der Waals surface area contributed by atoms with Gasteiger partial charge in [-0.05, 0) is 19.3 Å². The molecule has 22 heavy (non-hydrogen) atoms. The van der Waals surface area contributed by atoms with E-state index in [0.29, 0.717) is 30.5 Å². The lowest BCUT2D eigenvalue weighted by Gasteiger charge is -2.37. The van der Waals surface area contributed by atoms with Crippen LogP contribution >= 0.6 is 0 Å². The minimum atomic E-state index is -0.340. The molecule has 0 spiro atoms. The summed E-state index contributed by atoms with van der Waals surface area (Å²) in [4.78, 5) is 33.8. The number of nitrogens with one attached hydrogen (secondary N) is 2. The summed E-state index contributed by atoms with van der Waals surface area (Å²) in [5.74, 6) is 1.15. The maximum Gasteiger partial charge on any atom is 0.272 e. The minimum Gasteiger partial charge on any atom is -0.353 e. The van der Waals surface area contributed by atoms with Crippen molar-refractivity contribution in [3.63, 3.8) is 0 Å². The number of aryl methyl sites for hydroxylation is 1. The molecule has 0 unspecified atom stereocenters. The highest BCUT2D eigenvalue weighted by Gasteiger charge is 2.35. The highest BCUT2D eigenvalue weighted by Crippen LogP contribution is 2.29. The molecule has 2 amide bonds. The van der Waals surface area contributed by atoms with E-state index in [-0.39, 0.29) is 17.9 Å². The van der Waals surface area contributed by atoms with E-state index < -0.39 is 0 Å². The third-order valence-electron chi connectivity index (χ3n) is 4.81. The summed E-state index contributed by atoms with van der Waals surface area (Å²) in [5.41, 5.74) is 0.473. The van der Waals surface area contributed by atoms with Crippen LogP contribution in [-0.4, -0.2) is 45.8 Å². The Labute approximate surface area is 130 Å². The number of imidazole rings is 1. The average Bonchev–Trinajstić information content (AvgIpc) is 2.96. The number of aromatic nitrogens is 2. The van der Waals surface area contributed by atoms with Gasteiger partial charge in [0.1, 0.15) is 17.6 Å². The number of carbonyl (C=O) groups excluding carboxylic acids is 2. The van der Waals surface area contributed by atoms with Crippen LogP contribution < -0.4 is 5.32 Å². The first-order valence-electron chi connectivity index (χ1n) is 8.25. The monoisotopic (exact) mass is 304 g/mol. The van der Waals surface area contributed by atoms with Gasteiger partial charge in [0.05, 0.1) is 6.20 Å². The predicted octanol–water partition coefficient (Wildman–Crippen LogP) is 1.63. The van der Waals surface area contributed by atoms with Gasteiger partial charge in [0, 0.05) is 13.1 Å². The largest absolute Gasteiger partial charge is 0.353 e. The first-order chi connectivity index (χ1) is 10.6. The van der Waals surface area contributed by atoms with Gasteiger partial charge in [-0.15, -0.1) is 0 Å². The van der Waals surface area contributed by atoms with Crippen molar-refractivity contribution in [1.82, 2.24) is 20.2 Å². The van der Waals surface area contributed by atoms with Crippen molar-refractivity contribution in [2.75, 3.05) is 13.1 Å². The Morgan fingerprint density at radius 2 is 2.14 bits per heavy atom. The lowest BCUT2D eigenvalue weighted by molar-refractivity contribution is -0.128. The molecule has 1 aromatic rings. The Morgan fingerprint density at radius 3 is 2.82 bits per heavy atom. The Morgan fingerprint density at radius 1 is 1.36 bits per heavy atom. The number of hydrogen-bond donors (Lipinski definition) is 2. The second-order valence-electron chi connectivity index (χ2n) is 6.43. The van der Waals surface area contributed by atoms with Crippen molar-refractivity contribution in [1.29, 1.82) is 0 Å². The molecule has 1 aliphatic carbocycles. The van der Waals surface area contributed by atoms with Gasteiger partial charge in [-0.2, -0.15) is 0 Å². The fourth-order valence-electron chi connectivity index (χ4n) is 3.61. The van der Waals surface area contributed by atoms with Crippen LogP contribution in [0.25, 0.3) is 0 Å². The number of H-pyrrole nitrogens is 1. The molecule has 6 heteroatoms. The van der Waals surface area contributed by atoms with E-state index >= 15 is 0 Å². The maximum atomic E-state index is 12.7. The average molecular weight is 304 g/mol. The summed E-state index contributed by atoms with van der Waals surface area (Å²) in [6.07, 6.45) is 8.47. The van der Waals surface area contributed by atoms with Gasteiger partial charge in [0.25, 0.3) is 5.91 Å². The number of piperazine rings is 1. The van der Waals surface area contributed by atoms with Crippen molar-refractivity contribution in [3.05, 3.63) is 17.7 Å². The van der Waals surface area contributed by atoms with E-state index in [1.54, 1.807) is 11.1 Å². The van der Waals surface area contributed by atoms with Gasteiger partial charge < -0.3 is 15.2 Å². The molecule has 120 valence electrons. The summed E-state index contributed by atoms with van der Waals surface area (Å²) < 4.78 is 0. The van der Waals surface area contributed by atoms with Crippen LogP contribution in [0, 0.1) is 12.8 Å². The Hall–Kier alpha value is -1.85. The first-order valence-corrected chi connectivity index (χ1v) is 8.25. The molecular weight excluding hydrogens is 280 g/mol. The number of aromatic amines is 1. The first kappa shape index (κ1) is 15.1. The number of carbonyl (C=O) groups is 2. The van der Waals surface area contributed by atoms with Crippen LogP contribution in [0.4, 0.5) is 0 Å². The fraction of sp³-hybridized carbons (Fsp3) is 0.688. The van der Waals surface area contributed by atoms with Crippen LogP contribution in [-0.2, 0) is 4.79 Å². The van der Waals surface area contributed by atoms with Crippen molar-refractivity contribution < 1.29 is 9.59 Å². The van der Waals surface area contributed by atoms with Crippen LogP contribution in [0.15, 0.2) is 6.20 Å². The van der Waals surface area contributed by atoms with Gasteiger partial charge in [-0.1, -0.05) is 32.1 Å². The van der Waals surface area contributed by atoms with Crippen molar-refractivity contribution in [2.24, 2.45) is 5.92 Å². The predicted molar refractivity (Wildman–Crippen MR) is 82.4 cm³/mol. The van der Waals surface area contributed by atoms with E-state index in [0.717, 1.165) is 6.42 Å². The highest BCUT2D eigenvalue weighted by molar-refractivity contribution is 5.96. The molecule has 2 N–H and O–H groups in total. The molecule has 1 saturated carbocycles. The normalized spacial score (nSPS) is 23.4. The molecule has 6 nitrogen and oxygen atoms in total. The number of amides is 2. The summed E-state index contributed by atoms with van der Waals surface area (Å²) in [7, 11) is 0. The molecular formula is C16H24N4O2. The summed E-state index contributed by atoms with van der Waals surface area (Å²) in [6.45, 7) is 2.91. The summed E-state index contributed by atoms with van der Waals surface area (Å²) in [5, 5.41) is 2.90. The van der Waals surface area contributed by atoms with Crippen molar-refractivity contribution >= 4 is 11.8 Å². The Kier molecular flexibility index (Phi) is 4.45. The molecule has 2 fully saturated rings.